The standard InChI is InChI=1S/2C6H6O.H3O4P/c2*7-6-4-2-1-3-5-6;1-5(2,3)4/h2*1-5,7H;(H3,1,2,3,4). The van der Waals surface area contributed by atoms with Gasteiger partial charge in [0, 0.05) is 0 Å². The van der Waals surface area contributed by atoms with Gasteiger partial charge in [-0.1, -0.05) is 36.4 Å². The molecule has 19 heavy (non-hydrogen) atoms. The van der Waals surface area contributed by atoms with Crippen molar-refractivity contribution in [3.05, 3.63) is 60.7 Å². The number of hydrogen-bond acceptors (Lipinski definition) is 3. The lowest BCUT2D eigenvalue weighted by molar-refractivity contribution is 0.275. The molecule has 0 amide bonds. The molecular formula is C12H15O6P. The van der Waals surface area contributed by atoms with Gasteiger partial charge in [0.2, 0.25) is 0 Å². The Labute approximate surface area is 110 Å². The van der Waals surface area contributed by atoms with Crippen LogP contribution < -0.4 is 0 Å². The summed E-state index contributed by atoms with van der Waals surface area (Å²) in [7, 11) is -4.64. The molecule has 2 rings (SSSR count). The maximum atomic E-state index is 8.88. The Morgan fingerprint density at radius 1 is 0.632 bits per heavy atom. The molecule has 5 N–H and O–H groups in total. The van der Waals surface area contributed by atoms with E-state index in [9.17, 15) is 0 Å². The van der Waals surface area contributed by atoms with E-state index in [0.717, 1.165) is 0 Å². The molecule has 0 fully saturated rings. The Morgan fingerprint density at radius 2 is 0.842 bits per heavy atom. The normalized spacial score (nSPS) is 9.42. The number of hydrogen-bond donors (Lipinski definition) is 5. The Kier molecular flexibility index (Phi) is 8.24. The molecule has 0 spiro atoms. The summed E-state index contributed by atoms with van der Waals surface area (Å²) in [4.78, 5) is 21.6. The van der Waals surface area contributed by atoms with Crippen LogP contribution in [0.5, 0.6) is 11.5 Å². The van der Waals surface area contributed by atoms with Crippen molar-refractivity contribution < 1.29 is 29.5 Å². The van der Waals surface area contributed by atoms with E-state index in [2.05, 4.69) is 0 Å². The molecule has 0 aliphatic carbocycles. The monoisotopic (exact) mass is 286 g/mol. The smallest absolute Gasteiger partial charge is 0.466 e. The van der Waals surface area contributed by atoms with Gasteiger partial charge < -0.3 is 24.9 Å². The van der Waals surface area contributed by atoms with E-state index in [-0.39, 0.29) is 0 Å². The van der Waals surface area contributed by atoms with E-state index in [0.29, 0.717) is 11.5 Å². The number of benzene rings is 2. The summed E-state index contributed by atoms with van der Waals surface area (Å²) in [5.74, 6) is 0.644. The van der Waals surface area contributed by atoms with Crippen molar-refractivity contribution in [1.82, 2.24) is 0 Å². The molecule has 0 atom stereocenters. The van der Waals surface area contributed by atoms with E-state index in [4.69, 9.17) is 29.5 Å². The first-order chi connectivity index (χ1) is 8.79. The molecule has 104 valence electrons. The molecule has 0 aromatic heterocycles. The molecule has 2 aromatic rings. The van der Waals surface area contributed by atoms with Gasteiger partial charge in [-0.2, -0.15) is 0 Å². The highest BCUT2D eigenvalue weighted by Crippen LogP contribution is 2.25. The van der Waals surface area contributed by atoms with E-state index >= 15 is 0 Å². The van der Waals surface area contributed by atoms with Crippen LogP contribution in [0.25, 0.3) is 0 Å². The quantitative estimate of drug-likeness (QED) is 0.472. The van der Waals surface area contributed by atoms with Crippen LogP contribution in [0.3, 0.4) is 0 Å². The fraction of sp³-hybridized carbons (Fsp3) is 0. The Hall–Kier alpha value is -1.85. The van der Waals surface area contributed by atoms with Crippen LogP contribution in [0, 0.1) is 0 Å². The van der Waals surface area contributed by atoms with E-state index in [1.807, 2.05) is 12.1 Å². The van der Waals surface area contributed by atoms with Crippen LogP contribution in [-0.2, 0) is 4.57 Å². The average molecular weight is 286 g/mol. The maximum Gasteiger partial charge on any atom is 0.466 e. The second-order valence-electron chi connectivity index (χ2n) is 3.18. The minimum atomic E-state index is -4.64. The summed E-state index contributed by atoms with van der Waals surface area (Å²) < 4.78 is 8.88. The van der Waals surface area contributed by atoms with Crippen LogP contribution in [0.4, 0.5) is 0 Å². The molecule has 0 radical (unpaired) electrons. The zero-order valence-corrected chi connectivity index (χ0v) is 10.8. The summed E-state index contributed by atoms with van der Waals surface area (Å²) in [5.41, 5.74) is 0. The third-order valence-corrected chi connectivity index (χ3v) is 1.51. The van der Waals surface area contributed by atoms with Gasteiger partial charge in [0.1, 0.15) is 11.5 Å². The van der Waals surface area contributed by atoms with Crippen molar-refractivity contribution in [2.75, 3.05) is 0 Å². The fourth-order valence-electron chi connectivity index (χ4n) is 0.856. The van der Waals surface area contributed by atoms with Crippen molar-refractivity contribution in [2.24, 2.45) is 0 Å². The maximum absolute atomic E-state index is 8.88. The average Bonchev–Trinajstić information content (AvgIpc) is 2.29. The summed E-state index contributed by atoms with van der Waals surface area (Å²) in [5, 5.41) is 17.3. The van der Waals surface area contributed by atoms with Crippen molar-refractivity contribution in [1.29, 1.82) is 0 Å². The third kappa shape index (κ3) is 16.1. The Balaban J connectivity index is 0.000000261. The highest BCUT2D eigenvalue weighted by atomic mass is 31.2. The zero-order chi connectivity index (χ0) is 14.7. The molecule has 0 bridgehead atoms. The first-order valence-corrected chi connectivity index (χ1v) is 6.62. The van der Waals surface area contributed by atoms with Crippen LogP contribution >= 0.6 is 7.82 Å². The number of rotatable bonds is 0. The van der Waals surface area contributed by atoms with Gasteiger partial charge in [-0.15, -0.1) is 0 Å². The summed E-state index contributed by atoms with van der Waals surface area (Å²) >= 11 is 0. The Bertz CT molecular complexity index is 436. The first kappa shape index (κ1) is 17.2. The molecule has 0 saturated heterocycles. The van der Waals surface area contributed by atoms with Gasteiger partial charge >= 0.3 is 7.82 Å². The molecule has 0 unspecified atom stereocenters. The molecule has 0 saturated carbocycles. The van der Waals surface area contributed by atoms with Crippen molar-refractivity contribution in [3.63, 3.8) is 0 Å². The van der Waals surface area contributed by atoms with Crippen molar-refractivity contribution in [3.8, 4) is 11.5 Å². The van der Waals surface area contributed by atoms with E-state index < -0.39 is 7.82 Å². The molecular weight excluding hydrogens is 271 g/mol. The first-order valence-electron chi connectivity index (χ1n) is 5.05. The molecule has 2 aromatic carbocycles. The van der Waals surface area contributed by atoms with Gasteiger partial charge in [-0.05, 0) is 24.3 Å². The van der Waals surface area contributed by atoms with Crippen LogP contribution in [0.1, 0.15) is 0 Å². The van der Waals surface area contributed by atoms with E-state index in [1.54, 1.807) is 48.5 Å². The highest BCUT2D eigenvalue weighted by Gasteiger charge is 2.00. The lowest BCUT2D eigenvalue weighted by Crippen LogP contribution is -1.66. The summed E-state index contributed by atoms with van der Waals surface area (Å²) in [6.07, 6.45) is 0. The van der Waals surface area contributed by atoms with Crippen LogP contribution in [-0.4, -0.2) is 24.9 Å². The molecule has 0 aliphatic heterocycles. The minimum absolute atomic E-state index is 0.322. The zero-order valence-electron chi connectivity index (χ0n) is 9.87. The van der Waals surface area contributed by atoms with Gasteiger partial charge in [-0.3, -0.25) is 0 Å². The third-order valence-electron chi connectivity index (χ3n) is 1.51. The number of para-hydroxylation sites is 2. The van der Waals surface area contributed by atoms with Gasteiger partial charge in [0.05, 0.1) is 0 Å². The number of aromatic hydroxyl groups is 2. The summed E-state index contributed by atoms with van der Waals surface area (Å²) in [6.45, 7) is 0. The number of phenols is 2. The molecule has 0 aliphatic rings. The largest absolute Gasteiger partial charge is 0.508 e. The van der Waals surface area contributed by atoms with Gasteiger partial charge in [0.25, 0.3) is 0 Å². The van der Waals surface area contributed by atoms with Crippen LogP contribution in [0.2, 0.25) is 0 Å². The van der Waals surface area contributed by atoms with Gasteiger partial charge in [-0.25, -0.2) is 4.57 Å². The van der Waals surface area contributed by atoms with Gasteiger partial charge in [0.15, 0.2) is 0 Å². The van der Waals surface area contributed by atoms with E-state index in [1.165, 1.54) is 0 Å². The predicted molar refractivity (Wildman–Crippen MR) is 70.5 cm³/mol. The molecule has 7 heteroatoms. The number of phenolic OH excluding ortho intramolecular Hbond substituents is 2. The highest BCUT2D eigenvalue weighted by molar-refractivity contribution is 7.45. The van der Waals surface area contributed by atoms with Crippen molar-refractivity contribution >= 4 is 7.82 Å². The predicted octanol–water partition coefficient (Wildman–Crippen LogP) is 1.86. The Morgan fingerprint density at radius 3 is 0.947 bits per heavy atom. The summed E-state index contributed by atoms with van der Waals surface area (Å²) in [6, 6.07) is 17.4. The molecule has 0 heterocycles. The SMILES string of the molecule is O=P(O)(O)O.Oc1ccccc1.Oc1ccccc1. The second-order valence-corrected chi connectivity index (χ2v) is 4.21. The fourth-order valence-corrected chi connectivity index (χ4v) is 0.856. The van der Waals surface area contributed by atoms with Crippen molar-refractivity contribution in [2.45, 2.75) is 0 Å². The second kappa shape index (κ2) is 9.13. The molecule has 6 nitrogen and oxygen atoms in total. The minimum Gasteiger partial charge on any atom is -0.508 e. The van der Waals surface area contributed by atoms with Crippen LogP contribution in [0.15, 0.2) is 60.7 Å². The topological polar surface area (TPSA) is 118 Å². The lowest BCUT2D eigenvalue weighted by atomic mass is 10.3. The number of phosphoric acid groups is 1. The lowest BCUT2D eigenvalue weighted by Gasteiger charge is -1.82.